The van der Waals surface area contributed by atoms with Gasteiger partial charge in [0.2, 0.25) is 0 Å². The molecule has 0 spiro atoms. The summed E-state index contributed by atoms with van der Waals surface area (Å²) in [6.45, 7) is -1.61. The number of carboxylic acid groups (broad SMARTS) is 4. The molecule has 0 rings (SSSR count). The van der Waals surface area contributed by atoms with E-state index in [0.29, 0.717) is 0 Å². The first-order valence-corrected chi connectivity index (χ1v) is 6.02. The largest absolute Gasteiger partial charge is 0.480 e. The molecule has 0 amide bonds. The summed E-state index contributed by atoms with van der Waals surface area (Å²) in [7, 11) is 0. The molecule has 0 unspecified atom stereocenters. The van der Waals surface area contributed by atoms with Gasteiger partial charge in [0.15, 0.2) is 0 Å². The molecular weight excluding hydrogens is 316 g/mol. The Labute approximate surface area is 132 Å². The van der Waals surface area contributed by atoms with E-state index < -0.39 is 50.1 Å². The zero-order valence-electron chi connectivity index (χ0n) is 12.7. The van der Waals surface area contributed by atoms with Crippen LogP contribution in [-0.4, -0.2) is 93.4 Å². The van der Waals surface area contributed by atoms with Crippen molar-refractivity contribution in [3.8, 4) is 0 Å². The molecule has 10 N–H and O–H groups in total. The van der Waals surface area contributed by atoms with E-state index >= 15 is 0 Å². The molecule has 0 bridgehead atoms. The van der Waals surface area contributed by atoms with Crippen LogP contribution in [-0.2, 0) is 19.2 Å². The maximum Gasteiger partial charge on any atom is 0.317 e. The molecule has 0 aliphatic carbocycles. The van der Waals surface area contributed by atoms with Crippen LogP contribution in [0.5, 0.6) is 0 Å². The number of carbonyl (C=O) groups is 4. The summed E-state index contributed by atoms with van der Waals surface area (Å²) in [5.41, 5.74) is 0. The van der Waals surface area contributed by atoms with Gasteiger partial charge in [0.05, 0.1) is 26.2 Å². The van der Waals surface area contributed by atoms with Crippen LogP contribution in [0.3, 0.4) is 0 Å². The first-order valence-electron chi connectivity index (χ1n) is 6.02. The van der Waals surface area contributed by atoms with Gasteiger partial charge in [-0.15, -0.1) is 0 Å². The van der Waals surface area contributed by atoms with E-state index in [1.165, 1.54) is 9.80 Å². The molecule has 0 saturated carbocycles. The van der Waals surface area contributed by atoms with Crippen molar-refractivity contribution >= 4 is 23.9 Å². The van der Waals surface area contributed by atoms with Crippen LogP contribution < -0.4 is 12.3 Å². The van der Waals surface area contributed by atoms with Gasteiger partial charge in [-0.3, -0.25) is 29.0 Å². The van der Waals surface area contributed by atoms with Gasteiger partial charge >= 0.3 is 23.9 Å². The second-order valence-corrected chi connectivity index (χ2v) is 4.35. The Hall–Kier alpha value is -2.28. The number of carboxylic acids is 4. The average Bonchev–Trinajstić information content (AvgIpc) is 2.24. The van der Waals surface area contributed by atoms with Crippen LogP contribution in [0.4, 0.5) is 0 Å². The van der Waals surface area contributed by atoms with Gasteiger partial charge in [0.25, 0.3) is 0 Å². The Balaban J connectivity index is -0.00000200. The smallest absolute Gasteiger partial charge is 0.317 e. The van der Waals surface area contributed by atoms with Crippen LogP contribution in [0, 0.1) is 0 Å². The third kappa shape index (κ3) is 15.9. The maximum absolute atomic E-state index is 10.6. The summed E-state index contributed by atoms with van der Waals surface area (Å²) in [5.74, 6) is -4.71. The molecule has 12 heteroatoms. The van der Waals surface area contributed by atoms with Crippen molar-refractivity contribution < 1.29 is 39.6 Å². The molecule has 0 saturated heterocycles. The summed E-state index contributed by atoms with van der Waals surface area (Å²) in [6.07, 6.45) is 0.251. The van der Waals surface area contributed by atoms with Gasteiger partial charge in [0.1, 0.15) is 0 Å². The number of hydrogen-bond acceptors (Lipinski definition) is 8. The summed E-state index contributed by atoms with van der Waals surface area (Å²) in [4.78, 5) is 44.7. The Kier molecular flexibility index (Phi) is 14.9. The normalized spacial score (nSPS) is 9.83. The van der Waals surface area contributed by atoms with Gasteiger partial charge in [-0.25, -0.2) is 0 Å². The van der Waals surface area contributed by atoms with Gasteiger partial charge in [-0.2, -0.15) is 0 Å². The van der Waals surface area contributed by atoms with Crippen molar-refractivity contribution in [2.45, 2.75) is 6.42 Å². The van der Waals surface area contributed by atoms with Crippen molar-refractivity contribution in [3.63, 3.8) is 0 Å². The molecule has 0 aromatic heterocycles. The second-order valence-electron chi connectivity index (χ2n) is 4.35. The minimum absolute atomic E-state index is 0. The highest BCUT2D eigenvalue weighted by Crippen LogP contribution is 1.97. The Morgan fingerprint density at radius 2 is 0.783 bits per heavy atom. The van der Waals surface area contributed by atoms with E-state index in [9.17, 15) is 19.2 Å². The van der Waals surface area contributed by atoms with Crippen molar-refractivity contribution in [2.75, 3.05) is 39.3 Å². The summed E-state index contributed by atoms with van der Waals surface area (Å²) in [5, 5.41) is 34.6. The zero-order valence-corrected chi connectivity index (χ0v) is 12.7. The second kappa shape index (κ2) is 13.4. The lowest BCUT2D eigenvalue weighted by Gasteiger charge is -2.21. The van der Waals surface area contributed by atoms with Crippen molar-refractivity contribution in [2.24, 2.45) is 0 Å². The molecular formula is C11H24N4O8. The number of aliphatic carboxylic acids is 4. The maximum atomic E-state index is 10.6. The molecule has 0 heterocycles. The molecule has 136 valence electrons. The molecule has 0 aromatic carbocycles. The van der Waals surface area contributed by atoms with E-state index in [1.54, 1.807) is 0 Å². The topological polar surface area (TPSA) is 226 Å². The highest BCUT2D eigenvalue weighted by atomic mass is 16.4. The number of hydrogen-bond donors (Lipinski definition) is 6. The third-order valence-electron chi connectivity index (χ3n) is 2.38. The van der Waals surface area contributed by atoms with E-state index in [4.69, 9.17) is 20.4 Å². The fourth-order valence-corrected chi connectivity index (χ4v) is 1.71. The molecule has 12 nitrogen and oxygen atoms in total. The summed E-state index contributed by atoms with van der Waals surface area (Å²) in [6, 6.07) is 0. The summed E-state index contributed by atoms with van der Waals surface area (Å²) >= 11 is 0. The minimum atomic E-state index is -1.18. The monoisotopic (exact) mass is 340 g/mol. The standard InChI is InChI=1S/C11H18N2O8.2H3N/c14-8(15)4-12(5-9(16)17)2-1-3-13(6-10(18)19)7-11(20)21;;/h1-7H2,(H,14,15)(H,16,17)(H,18,19)(H,20,21);2*1H3. The van der Waals surface area contributed by atoms with Gasteiger partial charge in [-0.1, -0.05) is 0 Å². The minimum Gasteiger partial charge on any atom is -0.480 e. The van der Waals surface area contributed by atoms with E-state index in [1.807, 2.05) is 0 Å². The van der Waals surface area contributed by atoms with Crippen molar-refractivity contribution in [1.29, 1.82) is 0 Å². The lowest BCUT2D eigenvalue weighted by atomic mass is 10.3. The molecule has 0 atom stereocenters. The van der Waals surface area contributed by atoms with Crippen LogP contribution in [0.2, 0.25) is 0 Å². The van der Waals surface area contributed by atoms with E-state index in [-0.39, 0.29) is 31.8 Å². The zero-order chi connectivity index (χ0) is 16.4. The highest BCUT2D eigenvalue weighted by Gasteiger charge is 2.16. The molecule has 0 aliphatic heterocycles. The van der Waals surface area contributed by atoms with Gasteiger partial charge in [0, 0.05) is 13.1 Å². The summed E-state index contributed by atoms with van der Waals surface area (Å²) < 4.78 is 0. The fourth-order valence-electron chi connectivity index (χ4n) is 1.71. The molecule has 23 heavy (non-hydrogen) atoms. The van der Waals surface area contributed by atoms with E-state index in [2.05, 4.69) is 0 Å². The molecule has 0 radical (unpaired) electrons. The lowest BCUT2D eigenvalue weighted by Crippen LogP contribution is -2.39. The van der Waals surface area contributed by atoms with Crippen molar-refractivity contribution in [3.05, 3.63) is 0 Å². The quantitative estimate of drug-likeness (QED) is 0.242. The predicted molar refractivity (Wildman–Crippen MR) is 78.1 cm³/mol. The van der Waals surface area contributed by atoms with Crippen LogP contribution >= 0.6 is 0 Å². The SMILES string of the molecule is N.N.O=C(O)CN(CCCN(CC(=O)O)CC(=O)O)CC(=O)O. The van der Waals surface area contributed by atoms with Crippen LogP contribution in [0.15, 0.2) is 0 Å². The first kappa shape index (κ1) is 25.7. The number of nitrogens with zero attached hydrogens (tertiary/aromatic N) is 2. The van der Waals surface area contributed by atoms with Crippen molar-refractivity contribution in [1.82, 2.24) is 22.1 Å². The molecule has 0 aromatic rings. The number of rotatable bonds is 12. The Bertz CT molecular complexity index is 335. The third-order valence-corrected chi connectivity index (χ3v) is 2.38. The average molecular weight is 340 g/mol. The predicted octanol–water partition coefficient (Wildman–Crippen LogP) is -1.36. The highest BCUT2D eigenvalue weighted by molar-refractivity contribution is 5.73. The van der Waals surface area contributed by atoms with Crippen LogP contribution in [0.1, 0.15) is 6.42 Å². The lowest BCUT2D eigenvalue weighted by molar-refractivity contribution is -0.143. The fraction of sp³-hybridized carbons (Fsp3) is 0.636. The molecule has 0 fully saturated rings. The van der Waals surface area contributed by atoms with Gasteiger partial charge in [-0.05, 0) is 6.42 Å². The molecule has 0 aliphatic rings. The van der Waals surface area contributed by atoms with Crippen LogP contribution in [0.25, 0.3) is 0 Å². The Morgan fingerprint density at radius 3 is 0.957 bits per heavy atom. The Morgan fingerprint density at radius 1 is 0.565 bits per heavy atom. The first-order chi connectivity index (χ1) is 9.70. The van der Waals surface area contributed by atoms with Gasteiger partial charge < -0.3 is 32.7 Å². The van der Waals surface area contributed by atoms with E-state index in [0.717, 1.165) is 0 Å².